The van der Waals surface area contributed by atoms with Gasteiger partial charge < -0.3 is 4.74 Å². The molecule has 1 rings (SSSR count). The van der Waals surface area contributed by atoms with Crippen molar-refractivity contribution in [2.24, 2.45) is 0 Å². The van der Waals surface area contributed by atoms with Gasteiger partial charge in [-0.15, -0.1) is 0 Å². The van der Waals surface area contributed by atoms with Crippen molar-refractivity contribution in [2.75, 3.05) is 19.5 Å². The molecule has 1 saturated heterocycles. The normalized spacial score (nSPS) is 25.7. The Balaban J connectivity index is 2.22. The van der Waals surface area contributed by atoms with E-state index in [0.29, 0.717) is 0 Å². The summed E-state index contributed by atoms with van der Waals surface area (Å²) in [5.41, 5.74) is 0. The van der Waals surface area contributed by atoms with Crippen LogP contribution in [0.3, 0.4) is 0 Å². The van der Waals surface area contributed by atoms with Gasteiger partial charge in [0.15, 0.2) is 0 Å². The second kappa shape index (κ2) is 3.51. The highest BCUT2D eigenvalue weighted by Crippen LogP contribution is 2.12. The summed E-state index contributed by atoms with van der Waals surface area (Å²) < 4.78 is 30.7. The lowest BCUT2D eigenvalue weighted by Crippen LogP contribution is -2.16. The smallest absolute Gasteiger partial charge is 0.264 e. The molecule has 0 aromatic rings. The first-order valence-corrected chi connectivity index (χ1v) is 5.35. The van der Waals surface area contributed by atoms with Crippen molar-refractivity contribution in [1.82, 2.24) is 0 Å². The van der Waals surface area contributed by atoms with Crippen molar-refractivity contribution in [3.63, 3.8) is 0 Å². The predicted octanol–water partition coefficient (Wildman–Crippen LogP) is 0.142. The standard InChI is InChI=1S/C6H12O4S/c1-11(7,8)10-5-6-3-2-4-9-6/h6H,2-5H2,1H3/t6-/m0/s1. The minimum Gasteiger partial charge on any atom is -0.376 e. The molecule has 1 atom stereocenters. The Labute approximate surface area is 66.6 Å². The average molecular weight is 180 g/mol. The predicted molar refractivity (Wildman–Crippen MR) is 39.8 cm³/mol. The minimum atomic E-state index is -3.29. The average Bonchev–Trinajstić information content (AvgIpc) is 2.32. The molecule has 1 fully saturated rings. The zero-order valence-corrected chi connectivity index (χ0v) is 7.26. The third-order valence-corrected chi connectivity index (χ3v) is 2.06. The molecule has 0 saturated carbocycles. The van der Waals surface area contributed by atoms with E-state index in [9.17, 15) is 8.42 Å². The maximum atomic E-state index is 10.5. The highest BCUT2D eigenvalue weighted by molar-refractivity contribution is 7.85. The molecule has 11 heavy (non-hydrogen) atoms. The van der Waals surface area contributed by atoms with Crippen LogP contribution >= 0.6 is 0 Å². The number of hydrogen-bond acceptors (Lipinski definition) is 4. The van der Waals surface area contributed by atoms with Crippen LogP contribution in [-0.4, -0.2) is 34.0 Å². The van der Waals surface area contributed by atoms with Crippen molar-refractivity contribution < 1.29 is 17.3 Å². The largest absolute Gasteiger partial charge is 0.376 e. The van der Waals surface area contributed by atoms with Crippen molar-refractivity contribution >= 4 is 10.1 Å². The molecule has 0 amide bonds. The molecule has 0 spiro atoms. The van der Waals surface area contributed by atoms with Gasteiger partial charge in [-0.3, -0.25) is 4.18 Å². The fraction of sp³-hybridized carbons (Fsp3) is 1.00. The van der Waals surface area contributed by atoms with Crippen LogP contribution in [0.1, 0.15) is 12.8 Å². The zero-order valence-electron chi connectivity index (χ0n) is 6.45. The summed E-state index contributed by atoms with van der Waals surface area (Å²) in [6.07, 6.45) is 2.92. The van der Waals surface area contributed by atoms with Gasteiger partial charge in [0.25, 0.3) is 10.1 Å². The van der Waals surface area contributed by atoms with E-state index in [1.54, 1.807) is 0 Å². The number of rotatable bonds is 3. The van der Waals surface area contributed by atoms with Crippen LogP contribution in [0.2, 0.25) is 0 Å². The van der Waals surface area contributed by atoms with Crippen LogP contribution in [0.25, 0.3) is 0 Å². The SMILES string of the molecule is CS(=O)(=O)OC[C@@H]1CCCO1. The zero-order chi connectivity index (χ0) is 8.32. The summed E-state index contributed by atoms with van der Waals surface area (Å²) in [4.78, 5) is 0. The highest BCUT2D eigenvalue weighted by Gasteiger charge is 2.17. The van der Waals surface area contributed by atoms with Crippen LogP contribution in [0.15, 0.2) is 0 Å². The van der Waals surface area contributed by atoms with E-state index >= 15 is 0 Å². The van der Waals surface area contributed by atoms with Crippen molar-refractivity contribution in [2.45, 2.75) is 18.9 Å². The molecule has 66 valence electrons. The molecule has 0 bridgehead atoms. The van der Waals surface area contributed by atoms with Crippen LogP contribution in [0.5, 0.6) is 0 Å². The lowest BCUT2D eigenvalue weighted by Gasteiger charge is -2.07. The number of ether oxygens (including phenoxy) is 1. The van der Waals surface area contributed by atoms with E-state index < -0.39 is 10.1 Å². The van der Waals surface area contributed by atoms with Gasteiger partial charge in [0, 0.05) is 6.61 Å². The van der Waals surface area contributed by atoms with E-state index in [1.807, 2.05) is 0 Å². The molecule has 1 aliphatic rings. The fourth-order valence-electron chi connectivity index (χ4n) is 0.975. The Morgan fingerprint density at radius 1 is 1.64 bits per heavy atom. The molecule has 4 nitrogen and oxygen atoms in total. The Hall–Kier alpha value is -0.130. The third kappa shape index (κ3) is 3.69. The van der Waals surface area contributed by atoms with Gasteiger partial charge >= 0.3 is 0 Å². The summed E-state index contributed by atoms with van der Waals surface area (Å²) >= 11 is 0. The Morgan fingerprint density at radius 2 is 2.36 bits per heavy atom. The summed E-state index contributed by atoms with van der Waals surface area (Å²) in [5.74, 6) is 0. The van der Waals surface area contributed by atoms with E-state index in [4.69, 9.17) is 4.74 Å². The van der Waals surface area contributed by atoms with Gasteiger partial charge in [-0.1, -0.05) is 0 Å². The van der Waals surface area contributed by atoms with Gasteiger partial charge in [-0.05, 0) is 12.8 Å². The fourth-order valence-corrected chi connectivity index (χ4v) is 1.37. The van der Waals surface area contributed by atoms with E-state index in [-0.39, 0.29) is 12.7 Å². The Kier molecular flexibility index (Phi) is 2.86. The van der Waals surface area contributed by atoms with Gasteiger partial charge in [0.2, 0.25) is 0 Å². The molecular formula is C6H12O4S. The maximum absolute atomic E-state index is 10.5. The van der Waals surface area contributed by atoms with Gasteiger partial charge in [-0.25, -0.2) is 0 Å². The molecule has 5 heteroatoms. The summed E-state index contributed by atoms with van der Waals surface area (Å²) in [6, 6.07) is 0. The molecule has 0 unspecified atom stereocenters. The van der Waals surface area contributed by atoms with Gasteiger partial charge in [-0.2, -0.15) is 8.42 Å². The van der Waals surface area contributed by atoms with E-state index in [1.165, 1.54) is 0 Å². The second-order valence-electron chi connectivity index (χ2n) is 2.62. The minimum absolute atomic E-state index is 0.0234. The van der Waals surface area contributed by atoms with Crippen molar-refractivity contribution in [3.8, 4) is 0 Å². The second-order valence-corrected chi connectivity index (χ2v) is 4.27. The monoisotopic (exact) mass is 180 g/mol. The van der Waals surface area contributed by atoms with Crippen LogP contribution in [-0.2, 0) is 19.0 Å². The molecule has 0 aliphatic carbocycles. The summed E-state index contributed by atoms with van der Waals surface area (Å²) in [6.45, 7) is 0.886. The lowest BCUT2D eigenvalue weighted by molar-refractivity contribution is 0.0704. The first-order chi connectivity index (χ1) is 5.08. The van der Waals surface area contributed by atoms with Crippen LogP contribution in [0.4, 0.5) is 0 Å². The molecule has 0 N–H and O–H groups in total. The third-order valence-electron chi connectivity index (χ3n) is 1.49. The molecular weight excluding hydrogens is 168 g/mol. The van der Waals surface area contributed by atoms with Crippen LogP contribution < -0.4 is 0 Å². The molecule has 1 aliphatic heterocycles. The molecule has 0 aromatic carbocycles. The van der Waals surface area contributed by atoms with Gasteiger partial charge in [0.1, 0.15) is 0 Å². The first kappa shape index (κ1) is 8.96. The van der Waals surface area contributed by atoms with Crippen molar-refractivity contribution in [1.29, 1.82) is 0 Å². The van der Waals surface area contributed by atoms with Crippen molar-refractivity contribution in [3.05, 3.63) is 0 Å². The number of hydrogen-bond donors (Lipinski definition) is 0. The van der Waals surface area contributed by atoms with E-state index in [2.05, 4.69) is 4.18 Å². The molecule has 0 aromatic heterocycles. The highest BCUT2D eigenvalue weighted by atomic mass is 32.2. The summed E-state index contributed by atoms with van der Waals surface area (Å²) in [7, 11) is -3.29. The Morgan fingerprint density at radius 3 is 2.82 bits per heavy atom. The maximum Gasteiger partial charge on any atom is 0.264 e. The molecule has 0 radical (unpaired) electrons. The topological polar surface area (TPSA) is 52.6 Å². The Bertz CT molecular complexity index is 203. The molecule has 1 heterocycles. The quantitative estimate of drug-likeness (QED) is 0.580. The van der Waals surface area contributed by atoms with E-state index in [0.717, 1.165) is 25.7 Å². The lowest BCUT2D eigenvalue weighted by atomic mass is 10.2. The first-order valence-electron chi connectivity index (χ1n) is 3.54. The van der Waals surface area contributed by atoms with Crippen LogP contribution in [0, 0.1) is 0 Å². The summed E-state index contributed by atoms with van der Waals surface area (Å²) in [5, 5.41) is 0. The van der Waals surface area contributed by atoms with Gasteiger partial charge in [0.05, 0.1) is 19.0 Å².